The maximum atomic E-state index is 11.0. The highest BCUT2D eigenvalue weighted by Gasteiger charge is 2.44. The Kier molecular flexibility index (Phi) is 3.88. The Morgan fingerprint density at radius 2 is 1.35 bits per heavy atom. The lowest BCUT2D eigenvalue weighted by molar-refractivity contribution is -0.440. The lowest BCUT2D eigenvalue weighted by Gasteiger charge is -2.10. The zero-order valence-corrected chi connectivity index (χ0v) is 10.1. The number of nitrogens with zero attached hydrogens (tertiary/aromatic N) is 3. The normalized spacial score (nSPS) is 10.1. The monoisotopic (exact) mass is 287 g/mol. The van der Waals surface area contributed by atoms with Crippen molar-refractivity contribution in [1.82, 2.24) is 0 Å². The van der Waals surface area contributed by atoms with Gasteiger partial charge < -0.3 is 16.2 Å². The Labute approximate surface area is 110 Å². The molecule has 12 nitrogen and oxygen atoms in total. The van der Waals surface area contributed by atoms with Crippen LogP contribution in [0, 0.1) is 30.3 Å². The molecule has 0 radical (unpaired) electrons. The van der Waals surface area contributed by atoms with Gasteiger partial charge in [-0.3, -0.25) is 30.3 Å². The number of nitrogen functional groups attached to an aromatic ring is 2. The van der Waals surface area contributed by atoms with Crippen LogP contribution in [0.15, 0.2) is 0 Å². The molecule has 0 spiro atoms. The van der Waals surface area contributed by atoms with Crippen LogP contribution in [-0.4, -0.2) is 21.4 Å². The first-order chi connectivity index (χ1) is 9.23. The second-order valence-electron chi connectivity index (χ2n) is 3.41. The van der Waals surface area contributed by atoms with Crippen LogP contribution in [0.1, 0.15) is 6.92 Å². The zero-order chi connectivity index (χ0) is 15.6. The van der Waals surface area contributed by atoms with E-state index >= 15 is 0 Å². The van der Waals surface area contributed by atoms with E-state index in [0.29, 0.717) is 0 Å². The van der Waals surface area contributed by atoms with E-state index < -0.39 is 49.0 Å². The van der Waals surface area contributed by atoms with Crippen LogP contribution in [0.3, 0.4) is 0 Å². The standard InChI is InChI=1S/C8H9N5O7/c1-2-20-8-4(10)3(9)5(11(14)15)6(12(16)17)7(8)13(18)19/h2,9-10H2,1H3. The van der Waals surface area contributed by atoms with E-state index in [9.17, 15) is 30.3 Å². The minimum Gasteiger partial charge on any atom is -0.485 e. The fraction of sp³-hybridized carbons (Fsp3) is 0.250. The number of hydrogen-bond acceptors (Lipinski definition) is 9. The Morgan fingerprint density at radius 3 is 1.70 bits per heavy atom. The molecule has 0 fully saturated rings. The van der Waals surface area contributed by atoms with Crippen molar-refractivity contribution in [2.45, 2.75) is 6.92 Å². The van der Waals surface area contributed by atoms with Gasteiger partial charge in [0.2, 0.25) is 5.75 Å². The summed E-state index contributed by atoms with van der Waals surface area (Å²) in [6.07, 6.45) is 0. The number of nitro benzene ring substituents is 3. The van der Waals surface area contributed by atoms with E-state index in [4.69, 9.17) is 16.2 Å². The van der Waals surface area contributed by atoms with Crippen LogP contribution >= 0.6 is 0 Å². The number of nitrogens with two attached hydrogens (primary N) is 2. The summed E-state index contributed by atoms with van der Waals surface area (Å²) in [6, 6.07) is 0. The summed E-state index contributed by atoms with van der Waals surface area (Å²) in [7, 11) is 0. The van der Waals surface area contributed by atoms with Gasteiger partial charge in [0.25, 0.3) is 0 Å². The van der Waals surface area contributed by atoms with Crippen molar-refractivity contribution in [2.24, 2.45) is 0 Å². The molecule has 0 heterocycles. The zero-order valence-electron chi connectivity index (χ0n) is 10.1. The maximum absolute atomic E-state index is 11.0. The van der Waals surface area contributed by atoms with Crippen molar-refractivity contribution < 1.29 is 19.5 Å². The third-order valence-corrected chi connectivity index (χ3v) is 2.29. The molecule has 0 aliphatic carbocycles. The predicted molar refractivity (Wildman–Crippen MR) is 66.4 cm³/mol. The van der Waals surface area contributed by atoms with Gasteiger partial charge in [0, 0.05) is 0 Å². The van der Waals surface area contributed by atoms with Crippen molar-refractivity contribution in [3.63, 3.8) is 0 Å². The first kappa shape index (κ1) is 14.9. The second-order valence-corrected chi connectivity index (χ2v) is 3.41. The maximum Gasteiger partial charge on any atom is 0.428 e. The van der Waals surface area contributed by atoms with Gasteiger partial charge in [0.05, 0.1) is 21.4 Å². The van der Waals surface area contributed by atoms with E-state index in [0.717, 1.165) is 0 Å². The quantitative estimate of drug-likeness (QED) is 0.451. The second kappa shape index (κ2) is 5.21. The molecule has 4 N–H and O–H groups in total. The molecule has 20 heavy (non-hydrogen) atoms. The number of ether oxygens (including phenoxy) is 1. The molecule has 108 valence electrons. The molecule has 12 heteroatoms. The highest BCUT2D eigenvalue weighted by molar-refractivity contribution is 5.92. The fourth-order valence-corrected chi connectivity index (χ4v) is 1.54. The highest BCUT2D eigenvalue weighted by atomic mass is 16.7. The third kappa shape index (κ3) is 2.21. The van der Waals surface area contributed by atoms with Crippen LogP contribution in [0.4, 0.5) is 28.4 Å². The average Bonchev–Trinajstić information content (AvgIpc) is 2.33. The van der Waals surface area contributed by atoms with E-state index in [-0.39, 0.29) is 6.61 Å². The van der Waals surface area contributed by atoms with Crippen molar-refractivity contribution in [3.8, 4) is 5.75 Å². The van der Waals surface area contributed by atoms with Crippen LogP contribution in [0.2, 0.25) is 0 Å². The summed E-state index contributed by atoms with van der Waals surface area (Å²) >= 11 is 0. The van der Waals surface area contributed by atoms with Crippen molar-refractivity contribution in [1.29, 1.82) is 0 Å². The van der Waals surface area contributed by atoms with Crippen molar-refractivity contribution in [2.75, 3.05) is 18.1 Å². The van der Waals surface area contributed by atoms with Crippen molar-refractivity contribution in [3.05, 3.63) is 30.3 Å². The number of rotatable bonds is 5. The molecular weight excluding hydrogens is 278 g/mol. The minimum atomic E-state index is -1.37. The number of anilines is 2. The van der Waals surface area contributed by atoms with Crippen LogP contribution in [-0.2, 0) is 0 Å². The smallest absolute Gasteiger partial charge is 0.428 e. The molecule has 0 bridgehead atoms. The summed E-state index contributed by atoms with van der Waals surface area (Å²) in [5.41, 5.74) is 5.64. The van der Waals surface area contributed by atoms with E-state index in [2.05, 4.69) is 0 Å². The van der Waals surface area contributed by atoms with Gasteiger partial charge in [-0.05, 0) is 6.92 Å². The van der Waals surface area contributed by atoms with Gasteiger partial charge in [0.15, 0.2) is 0 Å². The molecule has 0 aromatic heterocycles. The fourth-order valence-electron chi connectivity index (χ4n) is 1.54. The first-order valence-electron chi connectivity index (χ1n) is 5.04. The molecule has 0 saturated heterocycles. The van der Waals surface area contributed by atoms with E-state index in [1.807, 2.05) is 0 Å². The third-order valence-electron chi connectivity index (χ3n) is 2.29. The Hall–Kier alpha value is -3.18. The molecule has 0 amide bonds. The lowest BCUT2D eigenvalue weighted by Crippen LogP contribution is -2.10. The summed E-state index contributed by atoms with van der Waals surface area (Å²) in [6.45, 7) is 1.35. The average molecular weight is 287 g/mol. The predicted octanol–water partition coefficient (Wildman–Crippen LogP) is 0.974. The van der Waals surface area contributed by atoms with E-state index in [1.165, 1.54) is 6.92 Å². The van der Waals surface area contributed by atoms with Gasteiger partial charge in [-0.15, -0.1) is 0 Å². The number of benzene rings is 1. The summed E-state index contributed by atoms with van der Waals surface area (Å²) < 4.78 is 4.86. The molecule has 0 aliphatic rings. The minimum absolute atomic E-state index is 0.0978. The van der Waals surface area contributed by atoms with Crippen molar-refractivity contribution >= 4 is 28.4 Å². The van der Waals surface area contributed by atoms with Gasteiger partial charge in [0.1, 0.15) is 11.4 Å². The molecule has 0 aliphatic heterocycles. The number of hydrogen-bond donors (Lipinski definition) is 2. The van der Waals surface area contributed by atoms with Gasteiger partial charge in [-0.25, -0.2) is 0 Å². The molecule has 1 rings (SSSR count). The Bertz CT molecular complexity index is 614. The summed E-state index contributed by atoms with van der Waals surface area (Å²) in [5.74, 6) is -0.660. The topological polar surface area (TPSA) is 191 Å². The lowest BCUT2D eigenvalue weighted by atomic mass is 10.1. The molecular formula is C8H9N5O7. The van der Waals surface area contributed by atoms with Gasteiger partial charge in [-0.1, -0.05) is 0 Å². The van der Waals surface area contributed by atoms with Gasteiger partial charge >= 0.3 is 17.1 Å². The first-order valence-corrected chi connectivity index (χ1v) is 5.04. The Morgan fingerprint density at radius 1 is 0.900 bits per heavy atom. The molecule has 1 aromatic rings. The van der Waals surface area contributed by atoms with Gasteiger partial charge in [-0.2, -0.15) is 0 Å². The molecule has 0 saturated carbocycles. The molecule has 0 atom stereocenters. The van der Waals surface area contributed by atoms with Crippen LogP contribution < -0.4 is 16.2 Å². The summed E-state index contributed by atoms with van der Waals surface area (Å²) in [4.78, 5) is 29.1. The summed E-state index contributed by atoms with van der Waals surface area (Å²) in [5, 5.41) is 32.7. The molecule has 0 unspecified atom stereocenters. The SMILES string of the molecule is CCOc1c(N)c(N)c([N+](=O)[O-])c([N+](=O)[O-])c1[N+](=O)[O-]. The van der Waals surface area contributed by atoms with Crippen LogP contribution in [0.25, 0.3) is 0 Å². The Balaban J connectivity index is 3.97. The largest absolute Gasteiger partial charge is 0.485 e. The highest BCUT2D eigenvalue weighted by Crippen LogP contribution is 2.51. The van der Waals surface area contributed by atoms with Crippen LogP contribution in [0.5, 0.6) is 5.75 Å². The van der Waals surface area contributed by atoms with E-state index in [1.54, 1.807) is 0 Å². The molecule has 1 aromatic carbocycles. The number of nitro groups is 3.